The van der Waals surface area contributed by atoms with Crippen molar-refractivity contribution in [3.63, 3.8) is 0 Å². The number of nitrogens with one attached hydrogen (secondary N) is 1. The highest BCUT2D eigenvalue weighted by Crippen LogP contribution is 2.40. The largest absolute Gasteiger partial charge is 0.497 e. The van der Waals surface area contributed by atoms with Gasteiger partial charge in [0.1, 0.15) is 41.4 Å². The maximum absolute atomic E-state index is 10.9. The zero-order valence-corrected chi connectivity index (χ0v) is 17.7. The van der Waals surface area contributed by atoms with Crippen LogP contribution in [0.5, 0.6) is 5.75 Å². The number of fused-ring (bicyclic) bond motifs is 1. The minimum atomic E-state index is -0.851. The number of nitrogens with zero attached hydrogens (tertiary/aromatic N) is 1. The number of benzene rings is 1. The maximum Gasteiger partial charge on any atom is 0.145 e. The lowest BCUT2D eigenvalue weighted by Gasteiger charge is -2.42. The molecule has 158 valence electrons. The van der Waals surface area contributed by atoms with Crippen molar-refractivity contribution in [1.82, 2.24) is 5.32 Å². The molecule has 1 aliphatic heterocycles. The van der Waals surface area contributed by atoms with Crippen molar-refractivity contribution in [2.24, 2.45) is 0 Å². The summed E-state index contributed by atoms with van der Waals surface area (Å²) < 4.78 is 17.3. The molecular formula is C22H30N2O5. The van der Waals surface area contributed by atoms with Gasteiger partial charge in [0.15, 0.2) is 0 Å². The van der Waals surface area contributed by atoms with Crippen molar-refractivity contribution >= 4 is 6.29 Å². The summed E-state index contributed by atoms with van der Waals surface area (Å²) in [6, 6.07) is 6.82. The molecule has 1 aromatic carbocycles. The Hall–Kier alpha value is -2.56. The number of hydrogen-bond acceptors (Lipinski definition) is 7. The van der Waals surface area contributed by atoms with Gasteiger partial charge in [0.25, 0.3) is 0 Å². The molecule has 0 bridgehead atoms. The first-order valence-electron chi connectivity index (χ1n) is 9.65. The standard InChI is InChI=1S/C22H30N2O5/c1-21(2,3)28-16(14-27-10-6-9-25)13-24-19-17-11-15(12-23)7-8-18(17)29-22(4,5)20(19)26/h7-9,11,14,19-20,24,26H,6,10,13H2,1-5H3/b16-14-. The molecule has 0 aromatic heterocycles. The van der Waals surface area contributed by atoms with E-state index in [1.54, 1.807) is 18.2 Å². The Labute approximate surface area is 172 Å². The van der Waals surface area contributed by atoms with Crippen LogP contribution in [0, 0.1) is 11.3 Å². The highest BCUT2D eigenvalue weighted by atomic mass is 16.5. The minimum Gasteiger partial charge on any atom is -0.497 e. The van der Waals surface area contributed by atoms with Crippen LogP contribution in [0.4, 0.5) is 0 Å². The number of carbonyl (C=O) groups excluding carboxylic acids is 1. The van der Waals surface area contributed by atoms with E-state index >= 15 is 0 Å². The third-order valence-corrected chi connectivity index (χ3v) is 4.38. The number of hydrogen-bond donors (Lipinski definition) is 2. The summed E-state index contributed by atoms with van der Waals surface area (Å²) in [5.74, 6) is 1.17. The van der Waals surface area contributed by atoms with Crippen LogP contribution < -0.4 is 10.1 Å². The Morgan fingerprint density at radius 2 is 2.14 bits per heavy atom. The number of aliphatic hydroxyl groups is 1. The average Bonchev–Trinajstić information content (AvgIpc) is 2.63. The van der Waals surface area contributed by atoms with E-state index in [0.29, 0.717) is 29.1 Å². The van der Waals surface area contributed by atoms with Crippen molar-refractivity contribution in [2.45, 2.75) is 64.4 Å². The molecule has 0 saturated carbocycles. The lowest BCUT2D eigenvalue weighted by atomic mass is 9.86. The molecule has 0 fully saturated rings. The predicted molar refractivity (Wildman–Crippen MR) is 108 cm³/mol. The number of nitriles is 1. The Morgan fingerprint density at radius 3 is 2.76 bits per heavy atom. The molecule has 0 aliphatic carbocycles. The van der Waals surface area contributed by atoms with Gasteiger partial charge in [0.2, 0.25) is 0 Å². The van der Waals surface area contributed by atoms with Crippen LogP contribution in [0.2, 0.25) is 0 Å². The van der Waals surface area contributed by atoms with E-state index < -0.39 is 23.3 Å². The van der Waals surface area contributed by atoms with Crippen molar-refractivity contribution < 1.29 is 24.1 Å². The summed E-state index contributed by atoms with van der Waals surface area (Å²) in [7, 11) is 0. The first-order valence-corrected chi connectivity index (χ1v) is 9.65. The van der Waals surface area contributed by atoms with Gasteiger partial charge in [-0.2, -0.15) is 5.26 Å². The van der Waals surface area contributed by atoms with Crippen LogP contribution in [0.15, 0.2) is 30.2 Å². The topological polar surface area (TPSA) is 101 Å². The summed E-state index contributed by atoms with van der Waals surface area (Å²) in [6.45, 7) is 9.96. The predicted octanol–water partition coefficient (Wildman–Crippen LogP) is 2.98. The normalized spacial score (nSPS) is 20.8. The monoisotopic (exact) mass is 402 g/mol. The fourth-order valence-corrected chi connectivity index (χ4v) is 3.06. The van der Waals surface area contributed by atoms with Crippen LogP contribution in [0.1, 0.15) is 58.2 Å². The molecule has 2 unspecified atom stereocenters. The van der Waals surface area contributed by atoms with Crippen LogP contribution in [-0.4, -0.2) is 41.9 Å². The maximum atomic E-state index is 10.9. The number of aliphatic hydroxyl groups excluding tert-OH is 1. The van der Waals surface area contributed by atoms with E-state index in [4.69, 9.17) is 14.2 Å². The second kappa shape index (κ2) is 9.29. The van der Waals surface area contributed by atoms with Gasteiger partial charge in [-0.05, 0) is 52.8 Å². The third kappa shape index (κ3) is 6.21. The molecule has 1 aliphatic rings. The van der Waals surface area contributed by atoms with Gasteiger partial charge in [0, 0.05) is 12.0 Å². The molecule has 1 aromatic rings. The Morgan fingerprint density at radius 1 is 1.41 bits per heavy atom. The van der Waals surface area contributed by atoms with E-state index in [2.05, 4.69) is 11.4 Å². The Kier molecular flexibility index (Phi) is 7.28. The molecule has 0 amide bonds. The molecular weight excluding hydrogens is 372 g/mol. The first-order chi connectivity index (χ1) is 13.6. The molecule has 2 atom stereocenters. The van der Waals surface area contributed by atoms with Crippen LogP contribution in [-0.2, 0) is 14.3 Å². The van der Waals surface area contributed by atoms with Crippen molar-refractivity contribution in [1.29, 1.82) is 5.26 Å². The Bertz CT molecular complexity index is 789. The smallest absolute Gasteiger partial charge is 0.145 e. The van der Waals surface area contributed by atoms with Gasteiger partial charge in [-0.25, -0.2) is 0 Å². The number of aldehydes is 1. The summed E-state index contributed by atoms with van der Waals surface area (Å²) in [4.78, 5) is 10.5. The zero-order chi connectivity index (χ0) is 21.7. The van der Waals surface area contributed by atoms with Crippen LogP contribution in [0.3, 0.4) is 0 Å². The van der Waals surface area contributed by atoms with E-state index in [0.717, 1.165) is 6.29 Å². The van der Waals surface area contributed by atoms with Gasteiger partial charge >= 0.3 is 0 Å². The third-order valence-electron chi connectivity index (χ3n) is 4.38. The fraction of sp³-hybridized carbons (Fsp3) is 0.545. The Balaban J connectivity index is 2.24. The number of carbonyl (C=O) groups is 1. The second-order valence-corrected chi connectivity index (χ2v) is 8.50. The molecule has 7 heteroatoms. The summed E-state index contributed by atoms with van der Waals surface area (Å²) in [5.41, 5.74) is -0.0486. The van der Waals surface area contributed by atoms with E-state index in [9.17, 15) is 15.2 Å². The average molecular weight is 402 g/mol. The lowest BCUT2D eigenvalue weighted by molar-refractivity contribution is -0.108. The quantitative estimate of drug-likeness (QED) is 0.392. The molecule has 29 heavy (non-hydrogen) atoms. The molecule has 0 spiro atoms. The van der Waals surface area contributed by atoms with Crippen molar-refractivity contribution in [3.05, 3.63) is 41.3 Å². The molecule has 0 radical (unpaired) electrons. The van der Waals surface area contributed by atoms with E-state index in [1.807, 2.05) is 34.6 Å². The minimum absolute atomic E-state index is 0.266. The van der Waals surface area contributed by atoms with Crippen molar-refractivity contribution in [3.8, 4) is 11.8 Å². The first kappa shape index (κ1) is 22.7. The molecule has 2 rings (SSSR count). The lowest BCUT2D eigenvalue weighted by Crippen LogP contribution is -2.52. The molecule has 1 heterocycles. The van der Waals surface area contributed by atoms with Gasteiger partial charge in [0.05, 0.1) is 30.8 Å². The molecule has 0 saturated heterocycles. The number of rotatable bonds is 8. The highest BCUT2D eigenvalue weighted by Gasteiger charge is 2.43. The summed E-state index contributed by atoms with van der Waals surface area (Å²) in [5, 5.41) is 23.5. The fourth-order valence-electron chi connectivity index (χ4n) is 3.06. The van der Waals surface area contributed by atoms with Gasteiger partial charge in [-0.1, -0.05) is 0 Å². The van der Waals surface area contributed by atoms with Crippen molar-refractivity contribution in [2.75, 3.05) is 13.2 Å². The molecule has 7 nitrogen and oxygen atoms in total. The van der Waals surface area contributed by atoms with Gasteiger partial charge in [-0.3, -0.25) is 0 Å². The SMILES string of the molecule is CC(C)(C)O/C(=C\OCCC=O)CNC1c2cc(C#N)ccc2OC(C)(C)C1O. The highest BCUT2D eigenvalue weighted by molar-refractivity contribution is 5.49. The molecule has 2 N–H and O–H groups in total. The summed E-state index contributed by atoms with van der Waals surface area (Å²) >= 11 is 0. The van der Waals surface area contributed by atoms with Crippen LogP contribution in [0.25, 0.3) is 0 Å². The van der Waals surface area contributed by atoms with E-state index in [1.165, 1.54) is 6.26 Å². The van der Waals surface area contributed by atoms with Crippen LogP contribution >= 0.6 is 0 Å². The zero-order valence-electron chi connectivity index (χ0n) is 17.7. The summed E-state index contributed by atoms with van der Waals surface area (Å²) in [6.07, 6.45) is 1.73. The van der Waals surface area contributed by atoms with Gasteiger partial charge in [-0.15, -0.1) is 0 Å². The second-order valence-electron chi connectivity index (χ2n) is 8.50. The van der Waals surface area contributed by atoms with E-state index in [-0.39, 0.29) is 13.2 Å². The number of ether oxygens (including phenoxy) is 3. The van der Waals surface area contributed by atoms with Gasteiger partial charge < -0.3 is 29.4 Å².